The molecular weight excluding hydrogens is 304 g/mol. The molecule has 1 aliphatic heterocycles. The number of benzene rings is 2. The molecule has 0 radical (unpaired) electrons. The average Bonchev–Trinajstić information content (AvgIpc) is 3.21. The Labute approximate surface area is 139 Å². The van der Waals surface area contributed by atoms with Gasteiger partial charge in [-0.25, -0.2) is 0 Å². The van der Waals surface area contributed by atoms with Gasteiger partial charge in [-0.3, -0.25) is 4.79 Å². The van der Waals surface area contributed by atoms with Crippen LogP contribution in [-0.4, -0.2) is 21.1 Å². The SMILES string of the molecule is CC(C)c1cc(C(=O)N2Cc3ccccc3C2)c(O)c2oncc12. The fourth-order valence-electron chi connectivity index (χ4n) is 3.33. The van der Waals surface area contributed by atoms with Gasteiger partial charge in [-0.15, -0.1) is 0 Å². The summed E-state index contributed by atoms with van der Waals surface area (Å²) in [6.07, 6.45) is 1.59. The van der Waals surface area contributed by atoms with E-state index in [2.05, 4.69) is 5.16 Å². The first-order chi connectivity index (χ1) is 11.6. The molecule has 1 aliphatic rings. The van der Waals surface area contributed by atoms with Crippen molar-refractivity contribution in [2.45, 2.75) is 32.9 Å². The Morgan fingerprint density at radius 1 is 1.25 bits per heavy atom. The normalized spacial score (nSPS) is 13.7. The van der Waals surface area contributed by atoms with Gasteiger partial charge in [0.15, 0.2) is 5.75 Å². The molecule has 24 heavy (non-hydrogen) atoms. The molecule has 3 aromatic rings. The fourth-order valence-corrected chi connectivity index (χ4v) is 3.33. The minimum atomic E-state index is -0.191. The minimum Gasteiger partial charge on any atom is -0.504 e. The predicted molar refractivity (Wildman–Crippen MR) is 89.8 cm³/mol. The topological polar surface area (TPSA) is 66.6 Å². The van der Waals surface area contributed by atoms with Gasteiger partial charge in [-0.1, -0.05) is 43.3 Å². The number of hydrogen-bond donors (Lipinski definition) is 1. The zero-order valence-electron chi connectivity index (χ0n) is 13.6. The maximum atomic E-state index is 13.0. The number of phenolic OH excluding ortho intramolecular Hbond substituents is 1. The lowest BCUT2D eigenvalue weighted by Gasteiger charge is -2.18. The molecular formula is C19H18N2O3. The van der Waals surface area contributed by atoms with Gasteiger partial charge in [0.05, 0.1) is 11.8 Å². The third-order valence-corrected chi connectivity index (χ3v) is 4.63. The van der Waals surface area contributed by atoms with E-state index in [0.29, 0.717) is 13.1 Å². The van der Waals surface area contributed by atoms with Gasteiger partial charge in [0.25, 0.3) is 5.91 Å². The van der Waals surface area contributed by atoms with Crippen LogP contribution in [0.15, 0.2) is 41.1 Å². The van der Waals surface area contributed by atoms with Crippen molar-refractivity contribution in [1.29, 1.82) is 0 Å². The number of carbonyl (C=O) groups excluding carboxylic acids is 1. The number of aromatic hydroxyl groups is 1. The number of amides is 1. The third kappa shape index (κ3) is 2.16. The van der Waals surface area contributed by atoms with Crippen molar-refractivity contribution < 1.29 is 14.4 Å². The van der Waals surface area contributed by atoms with Crippen LogP contribution >= 0.6 is 0 Å². The van der Waals surface area contributed by atoms with Crippen LogP contribution in [0.3, 0.4) is 0 Å². The molecule has 2 heterocycles. The van der Waals surface area contributed by atoms with E-state index >= 15 is 0 Å². The Hall–Kier alpha value is -2.82. The molecule has 1 amide bonds. The Bertz CT molecular complexity index is 918. The molecule has 122 valence electrons. The van der Waals surface area contributed by atoms with Crippen molar-refractivity contribution in [2.24, 2.45) is 0 Å². The van der Waals surface area contributed by atoms with Crippen molar-refractivity contribution in [2.75, 3.05) is 0 Å². The molecule has 0 spiro atoms. The molecule has 0 bridgehead atoms. The number of carbonyl (C=O) groups is 1. The number of rotatable bonds is 2. The zero-order chi connectivity index (χ0) is 16.8. The van der Waals surface area contributed by atoms with E-state index in [4.69, 9.17) is 4.52 Å². The van der Waals surface area contributed by atoms with E-state index in [1.165, 1.54) is 0 Å². The summed E-state index contributed by atoms with van der Waals surface area (Å²) in [5.74, 6) is -0.133. The largest absolute Gasteiger partial charge is 0.504 e. The molecule has 0 aliphatic carbocycles. The third-order valence-electron chi connectivity index (χ3n) is 4.63. The second-order valence-electron chi connectivity index (χ2n) is 6.52. The van der Waals surface area contributed by atoms with Crippen LogP contribution in [-0.2, 0) is 13.1 Å². The predicted octanol–water partition coefficient (Wildman–Crippen LogP) is 3.81. The highest BCUT2D eigenvalue weighted by Crippen LogP contribution is 2.36. The molecule has 5 heteroatoms. The van der Waals surface area contributed by atoms with Crippen molar-refractivity contribution in [3.05, 3.63) is 58.8 Å². The Morgan fingerprint density at radius 2 is 1.92 bits per heavy atom. The summed E-state index contributed by atoms with van der Waals surface area (Å²) < 4.78 is 5.18. The Kier molecular flexibility index (Phi) is 3.30. The van der Waals surface area contributed by atoms with Crippen molar-refractivity contribution in [1.82, 2.24) is 10.1 Å². The average molecular weight is 322 g/mol. The van der Waals surface area contributed by atoms with Crippen molar-refractivity contribution in [3.8, 4) is 5.75 Å². The molecule has 5 nitrogen and oxygen atoms in total. The number of hydrogen-bond acceptors (Lipinski definition) is 4. The number of nitrogens with zero attached hydrogens (tertiary/aromatic N) is 2. The maximum absolute atomic E-state index is 13.0. The number of phenols is 1. The van der Waals surface area contributed by atoms with E-state index in [0.717, 1.165) is 22.1 Å². The summed E-state index contributed by atoms with van der Waals surface area (Å²) >= 11 is 0. The molecule has 0 atom stereocenters. The van der Waals surface area contributed by atoms with Gasteiger partial charge in [-0.2, -0.15) is 0 Å². The van der Waals surface area contributed by atoms with E-state index in [9.17, 15) is 9.90 Å². The van der Waals surface area contributed by atoms with Crippen LogP contribution in [0.5, 0.6) is 5.75 Å². The zero-order valence-corrected chi connectivity index (χ0v) is 13.6. The highest BCUT2D eigenvalue weighted by Gasteiger charge is 2.28. The molecule has 0 saturated heterocycles. The molecule has 0 fully saturated rings. The van der Waals surface area contributed by atoms with E-state index in [-0.39, 0.29) is 28.7 Å². The van der Waals surface area contributed by atoms with Crippen LogP contribution in [0, 0.1) is 0 Å². The molecule has 1 aromatic heterocycles. The van der Waals surface area contributed by atoms with Crippen molar-refractivity contribution >= 4 is 16.9 Å². The quantitative estimate of drug-likeness (QED) is 0.779. The Morgan fingerprint density at radius 3 is 2.54 bits per heavy atom. The molecule has 1 N–H and O–H groups in total. The molecule has 4 rings (SSSR count). The number of aromatic nitrogens is 1. The number of fused-ring (bicyclic) bond motifs is 2. The van der Waals surface area contributed by atoms with Gasteiger partial charge in [0.1, 0.15) is 0 Å². The summed E-state index contributed by atoms with van der Waals surface area (Å²) in [5, 5.41) is 15.0. The fraction of sp³-hybridized carbons (Fsp3) is 0.263. The van der Waals surface area contributed by atoms with Crippen LogP contribution in [0.1, 0.15) is 46.8 Å². The molecule has 0 unspecified atom stereocenters. The van der Waals surface area contributed by atoms with Gasteiger partial charge in [0, 0.05) is 18.5 Å². The smallest absolute Gasteiger partial charge is 0.258 e. The first-order valence-corrected chi connectivity index (χ1v) is 8.02. The lowest BCUT2D eigenvalue weighted by Crippen LogP contribution is -2.25. The summed E-state index contributed by atoms with van der Waals surface area (Å²) in [5.41, 5.74) is 3.80. The van der Waals surface area contributed by atoms with Crippen molar-refractivity contribution in [3.63, 3.8) is 0 Å². The van der Waals surface area contributed by atoms with Crippen LogP contribution < -0.4 is 0 Å². The summed E-state index contributed by atoms with van der Waals surface area (Å²) in [6, 6.07) is 9.78. The summed E-state index contributed by atoms with van der Waals surface area (Å²) in [6.45, 7) is 5.19. The first kappa shape index (κ1) is 14.8. The van der Waals surface area contributed by atoms with Gasteiger partial charge in [-0.05, 0) is 28.7 Å². The monoisotopic (exact) mass is 322 g/mol. The van der Waals surface area contributed by atoms with Gasteiger partial charge >= 0.3 is 0 Å². The standard InChI is InChI=1S/C19H18N2O3/c1-11(2)14-7-15(17(22)18-16(14)8-20-24-18)19(23)21-9-12-5-3-4-6-13(12)10-21/h3-8,11,22H,9-10H2,1-2H3. The summed E-state index contributed by atoms with van der Waals surface area (Å²) in [4.78, 5) is 14.7. The Balaban J connectivity index is 1.77. The second kappa shape index (κ2) is 5.37. The van der Waals surface area contributed by atoms with Crippen LogP contribution in [0.25, 0.3) is 11.0 Å². The molecule has 2 aromatic carbocycles. The van der Waals surface area contributed by atoms with E-state index < -0.39 is 0 Å². The maximum Gasteiger partial charge on any atom is 0.258 e. The van der Waals surface area contributed by atoms with Crippen LogP contribution in [0.2, 0.25) is 0 Å². The first-order valence-electron chi connectivity index (χ1n) is 8.02. The minimum absolute atomic E-state index is 0.132. The van der Waals surface area contributed by atoms with E-state index in [1.54, 1.807) is 17.2 Å². The van der Waals surface area contributed by atoms with E-state index in [1.807, 2.05) is 38.1 Å². The highest BCUT2D eigenvalue weighted by atomic mass is 16.5. The molecule has 0 saturated carbocycles. The van der Waals surface area contributed by atoms with Crippen LogP contribution in [0.4, 0.5) is 0 Å². The van der Waals surface area contributed by atoms with Gasteiger partial charge < -0.3 is 14.5 Å². The second-order valence-corrected chi connectivity index (χ2v) is 6.52. The lowest BCUT2D eigenvalue weighted by atomic mass is 9.96. The summed E-state index contributed by atoms with van der Waals surface area (Å²) in [7, 11) is 0. The lowest BCUT2D eigenvalue weighted by molar-refractivity contribution is 0.0748. The highest BCUT2D eigenvalue weighted by molar-refractivity contribution is 6.03. The van der Waals surface area contributed by atoms with Gasteiger partial charge in [0.2, 0.25) is 5.58 Å².